The van der Waals surface area contributed by atoms with Crippen LogP contribution >= 0.6 is 22.6 Å². The number of aryl methyl sites for hydroxylation is 1. The highest BCUT2D eigenvalue weighted by Gasteiger charge is 2.09. The van der Waals surface area contributed by atoms with Gasteiger partial charge in [0.2, 0.25) is 5.91 Å². The zero-order valence-corrected chi connectivity index (χ0v) is 18.9. The van der Waals surface area contributed by atoms with Crippen LogP contribution in [0.15, 0.2) is 59.7 Å². The van der Waals surface area contributed by atoms with E-state index >= 15 is 0 Å². The van der Waals surface area contributed by atoms with Crippen LogP contribution in [0.25, 0.3) is 5.69 Å². The number of ether oxygens (including phenoxy) is 1. The Balaban J connectivity index is 1.63. The van der Waals surface area contributed by atoms with Gasteiger partial charge in [0.25, 0.3) is 0 Å². The third-order valence-electron chi connectivity index (χ3n) is 4.55. The Morgan fingerprint density at radius 2 is 1.83 bits per heavy atom. The summed E-state index contributed by atoms with van der Waals surface area (Å²) in [5, 5.41) is 4.14. The molecule has 0 spiro atoms. The summed E-state index contributed by atoms with van der Waals surface area (Å²) >= 11 is 2.30. The topological polar surface area (TPSA) is 55.6 Å². The molecule has 0 aliphatic rings. The average Bonchev–Trinajstić information content (AvgIpc) is 2.98. The fourth-order valence-electron chi connectivity index (χ4n) is 3.17. The molecule has 1 heterocycles. The fourth-order valence-corrected chi connectivity index (χ4v) is 3.53. The highest BCUT2D eigenvalue weighted by molar-refractivity contribution is 14.1. The van der Waals surface area contributed by atoms with E-state index < -0.39 is 0 Å². The van der Waals surface area contributed by atoms with Gasteiger partial charge in [-0.25, -0.2) is 5.43 Å². The minimum absolute atomic E-state index is 0.156. The van der Waals surface area contributed by atoms with Crippen molar-refractivity contribution in [2.75, 3.05) is 6.61 Å². The predicted octanol–water partition coefficient (Wildman–Crippen LogP) is 4.79. The normalized spacial score (nSPS) is 11.0. The van der Waals surface area contributed by atoms with Crippen molar-refractivity contribution in [2.45, 2.75) is 27.2 Å². The van der Waals surface area contributed by atoms with Crippen molar-refractivity contribution in [2.24, 2.45) is 5.10 Å². The van der Waals surface area contributed by atoms with E-state index in [0.717, 1.165) is 34.0 Å². The van der Waals surface area contributed by atoms with Gasteiger partial charge in [-0.15, -0.1) is 0 Å². The predicted molar refractivity (Wildman–Crippen MR) is 125 cm³/mol. The Labute approximate surface area is 184 Å². The molecule has 1 N–H and O–H groups in total. The highest BCUT2D eigenvalue weighted by atomic mass is 127. The number of rotatable bonds is 7. The summed E-state index contributed by atoms with van der Waals surface area (Å²) in [7, 11) is 0. The van der Waals surface area contributed by atoms with E-state index in [-0.39, 0.29) is 12.3 Å². The van der Waals surface area contributed by atoms with Crippen molar-refractivity contribution < 1.29 is 9.53 Å². The summed E-state index contributed by atoms with van der Waals surface area (Å²) in [6, 6.07) is 18.0. The molecule has 2 aromatic carbocycles. The number of nitrogens with one attached hydrogen (secondary N) is 1. The lowest BCUT2D eigenvalue weighted by atomic mass is 10.1. The molecular weight excluding hydrogens is 477 g/mol. The van der Waals surface area contributed by atoms with Gasteiger partial charge >= 0.3 is 0 Å². The van der Waals surface area contributed by atoms with Crippen molar-refractivity contribution in [1.29, 1.82) is 0 Å². The van der Waals surface area contributed by atoms with Gasteiger partial charge in [0.05, 0.1) is 19.2 Å². The maximum absolute atomic E-state index is 12.2. The second kappa shape index (κ2) is 9.73. The first-order chi connectivity index (χ1) is 14.0. The van der Waals surface area contributed by atoms with Gasteiger partial charge in [0.15, 0.2) is 0 Å². The quantitative estimate of drug-likeness (QED) is 0.288. The molecule has 1 aromatic heterocycles. The van der Waals surface area contributed by atoms with E-state index in [4.69, 9.17) is 4.74 Å². The molecule has 0 saturated heterocycles. The molecule has 150 valence electrons. The summed E-state index contributed by atoms with van der Waals surface area (Å²) in [6.07, 6.45) is 1.97. The lowest BCUT2D eigenvalue weighted by Gasteiger charge is -2.09. The molecule has 0 radical (unpaired) electrons. The van der Waals surface area contributed by atoms with E-state index in [9.17, 15) is 4.79 Å². The third kappa shape index (κ3) is 5.47. The second-order valence-electron chi connectivity index (χ2n) is 6.69. The van der Waals surface area contributed by atoms with Crippen LogP contribution in [-0.4, -0.2) is 23.3 Å². The molecule has 0 aliphatic heterocycles. The molecule has 0 aliphatic carbocycles. The maximum atomic E-state index is 12.2. The van der Waals surface area contributed by atoms with Crippen LogP contribution in [0.1, 0.15) is 29.4 Å². The Morgan fingerprint density at radius 1 is 1.14 bits per heavy atom. The minimum atomic E-state index is -0.156. The van der Waals surface area contributed by atoms with Crippen molar-refractivity contribution in [1.82, 2.24) is 9.99 Å². The average molecular weight is 501 g/mol. The van der Waals surface area contributed by atoms with Crippen LogP contribution in [0.4, 0.5) is 0 Å². The van der Waals surface area contributed by atoms with Gasteiger partial charge in [-0.05, 0) is 91.4 Å². The highest BCUT2D eigenvalue weighted by Crippen LogP contribution is 2.20. The molecule has 29 heavy (non-hydrogen) atoms. The molecule has 1 amide bonds. The van der Waals surface area contributed by atoms with Crippen LogP contribution < -0.4 is 10.2 Å². The van der Waals surface area contributed by atoms with E-state index in [0.29, 0.717) is 6.61 Å². The summed E-state index contributed by atoms with van der Waals surface area (Å²) in [5.74, 6) is 0.648. The zero-order valence-electron chi connectivity index (χ0n) is 16.8. The van der Waals surface area contributed by atoms with Crippen molar-refractivity contribution in [3.8, 4) is 11.4 Å². The number of hydrogen-bond acceptors (Lipinski definition) is 3. The molecular formula is C23H24IN3O2. The Kier molecular flexibility index (Phi) is 7.09. The molecule has 3 rings (SSSR count). The summed E-state index contributed by atoms with van der Waals surface area (Å²) < 4.78 is 8.79. The molecule has 0 atom stereocenters. The number of halogens is 1. The van der Waals surface area contributed by atoms with E-state index in [2.05, 4.69) is 74.9 Å². The maximum Gasteiger partial charge on any atom is 0.244 e. The van der Waals surface area contributed by atoms with Crippen molar-refractivity contribution >= 4 is 34.7 Å². The van der Waals surface area contributed by atoms with Gasteiger partial charge in [-0.2, -0.15) is 5.10 Å². The summed E-state index contributed by atoms with van der Waals surface area (Å²) in [4.78, 5) is 12.2. The number of carbonyl (C=O) groups is 1. The van der Waals surface area contributed by atoms with Gasteiger partial charge in [-0.1, -0.05) is 12.1 Å². The van der Waals surface area contributed by atoms with Crippen LogP contribution in [0.3, 0.4) is 0 Å². The largest absolute Gasteiger partial charge is 0.494 e. The van der Waals surface area contributed by atoms with E-state index in [1.807, 2.05) is 38.1 Å². The van der Waals surface area contributed by atoms with E-state index in [1.54, 1.807) is 6.21 Å². The number of amides is 1. The second-order valence-corrected chi connectivity index (χ2v) is 7.93. The zero-order chi connectivity index (χ0) is 20.8. The van der Waals surface area contributed by atoms with Crippen LogP contribution in [0.2, 0.25) is 0 Å². The lowest BCUT2D eigenvalue weighted by Crippen LogP contribution is -2.19. The fraction of sp³-hybridized carbons (Fsp3) is 0.217. The SMILES string of the molecule is CCOc1ccc(CC(=O)N/N=C\c2cc(C)n(-c3ccc(I)cc3)c2C)cc1. The number of nitrogens with zero attached hydrogens (tertiary/aromatic N) is 2. The van der Waals surface area contributed by atoms with Crippen molar-refractivity contribution in [3.05, 3.63) is 80.7 Å². The molecule has 0 unspecified atom stereocenters. The minimum Gasteiger partial charge on any atom is -0.494 e. The van der Waals surface area contributed by atoms with Crippen LogP contribution in [0.5, 0.6) is 5.75 Å². The molecule has 6 heteroatoms. The Bertz CT molecular complexity index is 1010. The van der Waals surface area contributed by atoms with Crippen LogP contribution in [0, 0.1) is 17.4 Å². The number of carbonyl (C=O) groups excluding carboxylic acids is 1. The standard InChI is InChI=1S/C23H24IN3O2/c1-4-29-22-11-5-18(6-12-22)14-23(28)26-25-15-19-13-16(2)27(17(19)3)21-9-7-20(24)8-10-21/h5-13,15H,4,14H2,1-3H3,(H,26,28)/b25-15-. The smallest absolute Gasteiger partial charge is 0.244 e. The number of benzene rings is 2. The molecule has 0 saturated carbocycles. The monoisotopic (exact) mass is 501 g/mol. The Morgan fingerprint density at radius 3 is 2.48 bits per heavy atom. The molecule has 0 bridgehead atoms. The molecule has 5 nitrogen and oxygen atoms in total. The van der Waals surface area contributed by atoms with Gasteiger partial charge in [-0.3, -0.25) is 4.79 Å². The summed E-state index contributed by atoms with van der Waals surface area (Å²) in [5.41, 5.74) is 7.81. The first-order valence-electron chi connectivity index (χ1n) is 9.46. The van der Waals surface area contributed by atoms with Gasteiger partial charge in [0.1, 0.15) is 5.75 Å². The first kappa shape index (κ1) is 21.1. The summed E-state index contributed by atoms with van der Waals surface area (Å²) in [6.45, 7) is 6.68. The first-order valence-corrected chi connectivity index (χ1v) is 10.5. The number of hydrazone groups is 1. The number of hydrogen-bond donors (Lipinski definition) is 1. The van der Waals surface area contributed by atoms with Crippen molar-refractivity contribution in [3.63, 3.8) is 0 Å². The molecule has 0 fully saturated rings. The Hall–Kier alpha value is -2.61. The van der Waals surface area contributed by atoms with E-state index in [1.165, 1.54) is 3.57 Å². The molecule has 3 aromatic rings. The van der Waals surface area contributed by atoms with Gasteiger partial charge < -0.3 is 9.30 Å². The number of aromatic nitrogens is 1. The van der Waals surface area contributed by atoms with Crippen LogP contribution in [-0.2, 0) is 11.2 Å². The lowest BCUT2D eigenvalue weighted by molar-refractivity contribution is -0.120. The van der Waals surface area contributed by atoms with Gasteiger partial charge in [0, 0.05) is 26.2 Å². The third-order valence-corrected chi connectivity index (χ3v) is 5.27.